The van der Waals surface area contributed by atoms with Gasteiger partial charge in [0, 0.05) is 16.3 Å². The van der Waals surface area contributed by atoms with E-state index in [0.29, 0.717) is 10.6 Å². The molecule has 0 spiro atoms. The Morgan fingerprint density at radius 2 is 1.41 bits per heavy atom. The number of furan rings is 1. The quantitative estimate of drug-likeness (QED) is 0.287. The molecule has 6 aromatic rings. The van der Waals surface area contributed by atoms with E-state index < -0.39 is 0 Å². The van der Waals surface area contributed by atoms with Crippen molar-refractivity contribution in [3.05, 3.63) is 90.0 Å². The molecule has 0 bridgehead atoms. The number of thiazole rings is 1. The van der Waals surface area contributed by atoms with E-state index in [2.05, 4.69) is 60.7 Å². The van der Waals surface area contributed by atoms with Crippen LogP contribution < -0.4 is 0 Å². The molecule has 2 nitrogen and oxygen atoms in total. The molecule has 29 heavy (non-hydrogen) atoms. The summed E-state index contributed by atoms with van der Waals surface area (Å²) in [4.78, 5) is 4.83. The fraction of sp³-hybridized carbons (Fsp3) is 0. The molecule has 0 aliphatic carbocycles. The molecule has 0 amide bonds. The highest BCUT2D eigenvalue weighted by molar-refractivity contribution is 7.21. The van der Waals surface area contributed by atoms with Gasteiger partial charge in [0.2, 0.25) is 0 Å². The lowest BCUT2D eigenvalue weighted by Gasteiger charge is -2.02. The predicted molar refractivity (Wildman–Crippen MR) is 123 cm³/mol. The molecular formula is C25H14ClNOS. The average Bonchev–Trinajstić information content (AvgIpc) is 3.37. The van der Waals surface area contributed by atoms with Gasteiger partial charge in [-0.25, -0.2) is 4.98 Å². The molecule has 4 heteroatoms. The van der Waals surface area contributed by atoms with Crippen molar-refractivity contribution in [1.82, 2.24) is 4.98 Å². The number of para-hydroxylation sites is 1. The Balaban J connectivity index is 1.49. The topological polar surface area (TPSA) is 26.0 Å². The van der Waals surface area contributed by atoms with Crippen LogP contribution in [0, 0.1) is 0 Å². The predicted octanol–water partition coefficient (Wildman–Crippen LogP) is 8.18. The maximum Gasteiger partial charge on any atom is 0.156 e. The Hall–Kier alpha value is -3.14. The number of aromatic nitrogens is 1. The normalized spacial score (nSPS) is 11.6. The summed E-state index contributed by atoms with van der Waals surface area (Å²) in [6.07, 6.45) is 0. The summed E-state index contributed by atoms with van der Waals surface area (Å²) in [5, 5.41) is 3.65. The minimum atomic E-state index is 0.581. The van der Waals surface area contributed by atoms with Crippen LogP contribution in [0.5, 0.6) is 0 Å². The standard InChI is InChI=1S/C25H14ClNOS/c26-22-23-21(14-19-18-8-4-5-9-20(18)28-24(19)22)29-25(27-23)17-12-10-16(11-13-17)15-6-2-1-3-7-15/h1-14H. The SMILES string of the molecule is Clc1c2nc(-c3ccc(-c4ccccc4)cc3)sc2cc2c1oc1ccccc12. The molecule has 0 radical (unpaired) electrons. The van der Waals surface area contributed by atoms with Gasteiger partial charge in [0.05, 0.1) is 4.70 Å². The van der Waals surface area contributed by atoms with E-state index in [0.717, 1.165) is 37.1 Å². The zero-order valence-electron chi connectivity index (χ0n) is 15.2. The first-order chi connectivity index (χ1) is 14.3. The van der Waals surface area contributed by atoms with Crippen molar-refractivity contribution in [1.29, 1.82) is 0 Å². The fourth-order valence-corrected chi connectivity index (χ4v) is 5.12. The molecule has 138 valence electrons. The second-order valence-corrected chi connectivity index (χ2v) is 8.38. The maximum absolute atomic E-state index is 6.70. The van der Waals surface area contributed by atoms with Gasteiger partial charge in [-0.05, 0) is 23.3 Å². The molecule has 0 N–H and O–H groups in total. The first-order valence-electron chi connectivity index (χ1n) is 9.34. The monoisotopic (exact) mass is 411 g/mol. The Labute approximate surface area is 176 Å². The van der Waals surface area contributed by atoms with Crippen LogP contribution >= 0.6 is 22.9 Å². The van der Waals surface area contributed by atoms with Crippen molar-refractivity contribution in [2.45, 2.75) is 0 Å². The maximum atomic E-state index is 6.70. The van der Waals surface area contributed by atoms with Crippen LogP contribution in [-0.2, 0) is 0 Å². The van der Waals surface area contributed by atoms with Crippen molar-refractivity contribution >= 4 is 55.1 Å². The summed E-state index contributed by atoms with van der Waals surface area (Å²) >= 11 is 8.36. The zero-order valence-corrected chi connectivity index (χ0v) is 16.8. The molecule has 6 rings (SSSR count). The fourth-order valence-electron chi connectivity index (χ4n) is 3.76. The van der Waals surface area contributed by atoms with Gasteiger partial charge in [0.1, 0.15) is 21.1 Å². The van der Waals surface area contributed by atoms with Crippen LogP contribution in [0.15, 0.2) is 89.3 Å². The number of benzene rings is 4. The molecule has 0 saturated heterocycles. The van der Waals surface area contributed by atoms with E-state index in [-0.39, 0.29) is 0 Å². The van der Waals surface area contributed by atoms with Crippen molar-refractivity contribution in [2.24, 2.45) is 0 Å². The Kier molecular flexibility index (Phi) is 3.73. The van der Waals surface area contributed by atoms with Gasteiger partial charge in [0.25, 0.3) is 0 Å². The first kappa shape index (κ1) is 16.8. The summed E-state index contributed by atoms with van der Waals surface area (Å²) in [5.41, 5.74) is 5.83. The molecule has 0 atom stereocenters. The number of fused-ring (bicyclic) bond motifs is 4. The van der Waals surface area contributed by atoms with Crippen LogP contribution in [0.2, 0.25) is 5.02 Å². The molecule has 2 aromatic heterocycles. The lowest BCUT2D eigenvalue weighted by Crippen LogP contribution is -1.79. The molecule has 0 fully saturated rings. The number of hydrogen-bond donors (Lipinski definition) is 0. The summed E-state index contributed by atoms with van der Waals surface area (Å²) in [5.74, 6) is 0. The van der Waals surface area contributed by atoms with Crippen LogP contribution in [0.25, 0.3) is 53.9 Å². The number of rotatable bonds is 2. The summed E-state index contributed by atoms with van der Waals surface area (Å²) < 4.78 is 7.07. The summed E-state index contributed by atoms with van der Waals surface area (Å²) in [6, 6.07) is 29.0. The molecule has 0 aliphatic heterocycles. The van der Waals surface area contributed by atoms with E-state index in [1.165, 1.54) is 11.1 Å². The number of hydrogen-bond acceptors (Lipinski definition) is 3. The Morgan fingerprint density at radius 1 is 0.724 bits per heavy atom. The average molecular weight is 412 g/mol. The molecule has 0 saturated carbocycles. The highest BCUT2D eigenvalue weighted by Crippen LogP contribution is 2.41. The Morgan fingerprint density at radius 3 is 2.24 bits per heavy atom. The third-order valence-electron chi connectivity index (χ3n) is 5.21. The summed E-state index contributed by atoms with van der Waals surface area (Å²) in [6.45, 7) is 0. The minimum absolute atomic E-state index is 0.581. The second-order valence-electron chi connectivity index (χ2n) is 6.97. The van der Waals surface area contributed by atoms with E-state index in [1.54, 1.807) is 11.3 Å². The van der Waals surface area contributed by atoms with Crippen molar-refractivity contribution in [2.75, 3.05) is 0 Å². The first-order valence-corrected chi connectivity index (χ1v) is 10.5. The highest BCUT2D eigenvalue weighted by Gasteiger charge is 2.17. The van der Waals surface area contributed by atoms with Crippen molar-refractivity contribution in [3.8, 4) is 21.7 Å². The highest BCUT2D eigenvalue weighted by atomic mass is 35.5. The van der Waals surface area contributed by atoms with Crippen LogP contribution in [0.1, 0.15) is 0 Å². The van der Waals surface area contributed by atoms with Crippen LogP contribution in [-0.4, -0.2) is 4.98 Å². The largest absolute Gasteiger partial charge is 0.454 e. The van der Waals surface area contributed by atoms with Gasteiger partial charge in [0.15, 0.2) is 5.58 Å². The van der Waals surface area contributed by atoms with E-state index in [4.69, 9.17) is 21.0 Å². The third-order valence-corrected chi connectivity index (χ3v) is 6.61. The van der Waals surface area contributed by atoms with E-state index in [9.17, 15) is 0 Å². The van der Waals surface area contributed by atoms with Gasteiger partial charge in [-0.1, -0.05) is 84.4 Å². The van der Waals surface area contributed by atoms with Gasteiger partial charge >= 0.3 is 0 Å². The van der Waals surface area contributed by atoms with Crippen LogP contribution in [0.4, 0.5) is 0 Å². The van der Waals surface area contributed by atoms with E-state index in [1.807, 2.05) is 24.3 Å². The van der Waals surface area contributed by atoms with Crippen molar-refractivity contribution < 1.29 is 4.42 Å². The second kappa shape index (κ2) is 6.45. The Bertz CT molecular complexity index is 1500. The van der Waals surface area contributed by atoms with Gasteiger partial charge in [-0.15, -0.1) is 11.3 Å². The minimum Gasteiger partial charge on any atom is -0.454 e. The zero-order chi connectivity index (χ0) is 19.4. The van der Waals surface area contributed by atoms with Crippen LogP contribution in [0.3, 0.4) is 0 Å². The van der Waals surface area contributed by atoms with Gasteiger partial charge < -0.3 is 4.42 Å². The molecule has 2 heterocycles. The molecular weight excluding hydrogens is 398 g/mol. The molecule has 4 aromatic carbocycles. The smallest absolute Gasteiger partial charge is 0.156 e. The summed E-state index contributed by atoms with van der Waals surface area (Å²) in [7, 11) is 0. The number of nitrogens with zero attached hydrogens (tertiary/aromatic N) is 1. The molecule has 0 unspecified atom stereocenters. The third kappa shape index (κ3) is 2.66. The van der Waals surface area contributed by atoms with Crippen molar-refractivity contribution in [3.63, 3.8) is 0 Å². The lowest BCUT2D eigenvalue weighted by atomic mass is 10.0. The lowest BCUT2D eigenvalue weighted by molar-refractivity contribution is 0.669. The van der Waals surface area contributed by atoms with E-state index >= 15 is 0 Å². The molecule has 0 aliphatic rings. The van der Waals surface area contributed by atoms with Gasteiger partial charge in [-0.3, -0.25) is 0 Å². The number of halogens is 1. The van der Waals surface area contributed by atoms with Gasteiger partial charge in [-0.2, -0.15) is 0 Å².